The fraction of sp³-hybridized carbons (Fsp3) is 0.500. The van der Waals surface area contributed by atoms with Crippen LogP contribution in [0.25, 0.3) is 0 Å². The van der Waals surface area contributed by atoms with Crippen molar-refractivity contribution in [3.05, 3.63) is 12.2 Å². The van der Waals surface area contributed by atoms with Crippen LogP contribution in [0.5, 0.6) is 0 Å². The van der Waals surface area contributed by atoms with Gasteiger partial charge < -0.3 is 5.11 Å². The minimum Gasteiger partial charge on any atom is -0.481 e. The van der Waals surface area contributed by atoms with Crippen LogP contribution < -0.4 is 0 Å². The predicted molar refractivity (Wildman–Crippen MR) is 29.8 cm³/mol. The lowest BCUT2D eigenvalue weighted by Crippen LogP contribution is -2.01. The third-order valence-electron chi connectivity index (χ3n) is 1.58. The molecule has 0 amide bonds. The van der Waals surface area contributed by atoms with Crippen LogP contribution in [-0.4, -0.2) is 17.0 Å². The van der Waals surface area contributed by atoms with Crippen LogP contribution in [0, 0.1) is 5.92 Å². The zero-order valence-corrected chi connectivity index (χ0v) is 5.10. The van der Waals surface area contributed by atoms with E-state index in [1.165, 1.54) is 0 Å². The van der Waals surface area contributed by atoms with Crippen molar-refractivity contribution in [3.63, 3.8) is 0 Å². The van der Waals surface area contributed by atoms with Crippen LogP contribution in [0.2, 0.25) is 0 Å². The molecule has 0 aliphatic heterocycles. The summed E-state index contributed by atoms with van der Waals surface area (Å²) in [5.74, 6) is -5.24. The molecule has 0 aromatic heterocycles. The maximum atomic E-state index is 12.2. The molecule has 1 unspecified atom stereocenters. The number of carboxylic acid groups (broad SMARTS) is 1. The molecule has 1 rings (SSSR count). The Balaban J connectivity index is 2.50. The van der Waals surface area contributed by atoms with Crippen molar-refractivity contribution in [1.29, 1.82) is 0 Å². The van der Waals surface area contributed by atoms with Crippen LogP contribution in [0.4, 0.5) is 8.78 Å². The van der Waals surface area contributed by atoms with Gasteiger partial charge >= 0.3 is 5.97 Å². The summed E-state index contributed by atoms with van der Waals surface area (Å²) in [7, 11) is 0. The molecule has 0 bridgehead atoms. The van der Waals surface area contributed by atoms with E-state index in [9.17, 15) is 13.6 Å². The Morgan fingerprint density at radius 2 is 2.20 bits per heavy atom. The van der Waals surface area contributed by atoms with Gasteiger partial charge in [0.1, 0.15) is 0 Å². The van der Waals surface area contributed by atoms with Gasteiger partial charge in [0.05, 0.1) is 12.3 Å². The number of allylic oxidation sites excluding steroid dienone is 1. The first kappa shape index (κ1) is 7.18. The summed E-state index contributed by atoms with van der Waals surface area (Å²) in [6.07, 6.45) is -0.508. The molecule has 0 aromatic carbocycles. The molecule has 2 nitrogen and oxygen atoms in total. The Morgan fingerprint density at radius 1 is 1.80 bits per heavy atom. The Bertz CT molecular complexity index is 198. The Kier molecular flexibility index (Phi) is 1.28. The second kappa shape index (κ2) is 1.78. The Hall–Kier alpha value is -0.930. The topological polar surface area (TPSA) is 37.3 Å². The summed E-state index contributed by atoms with van der Waals surface area (Å²) >= 11 is 0. The molecule has 0 radical (unpaired) electrons. The summed E-state index contributed by atoms with van der Waals surface area (Å²) in [5, 5.41) is 8.10. The number of hydrogen-bond acceptors (Lipinski definition) is 1. The first-order valence-electron chi connectivity index (χ1n) is 2.75. The average molecular weight is 148 g/mol. The summed E-state index contributed by atoms with van der Waals surface area (Å²) in [5.41, 5.74) is -0.255. The predicted octanol–water partition coefficient (Wildman–Crippen LogP) is 1.28. The van der Waals surface area contributed by atoms with Crippen molar-refractivity contribution in [3.8, 4) is 0 Å². The molecule has 0 spiro atoms. The van der Waals surface area contributed by atoms with E-state index in [4.69, 9.17) is 5.11 Å². The second-order valence-electron chi connectivity index (χ2n) is 2.30. The van der Waals surface area contributed by atoms with E-state index in [0.717, 1.165) is 0 Å². The fourth-order valence-electron chi connectivity index (χ4n) is 0.817. The lowest BCUT2D eigenvalue weighted by atomic mass is 10.3. The van der Waals surface area contributed by atoms with Gasteiger partial charge in [-0.3, -0.25) is 4.79 Å². The molecule has 1 fully saturated rings. The molecule has 1 N–H and O–H groups in total. The highest BCUT2D eigenvalue weighted by atomic mass is 19.3. The van der Waals surface area contributed by atoms with E-state index >= 15 is 0 Å². The average Bonchev–Trinajstić information content (AvgIpc) is 2.17. The summed E-state index contributed by atoms with van der Waals surface area (Å²) in [6, 6.07) is 0. The monoisotopic (exact) mass is 148 g/mol. The number of carboxylic acids is 1. The number of rotatable bonds is 2. The molecule has 1 atom stereocenters. The summed E-state index contributed by atoms with van der Waals surface area (Å²) in [6.45, 7) is 3.04. The first-order chi connectivity index (χ1) is 4.46. The summed E-state index contributed by atoms with van der Waals surface area (Å²) < 4.78 is 24.4. The van der Waals surface area contributed by atoms with Crippen LogP contribution in [0.3, 0.4) is 0 Å². The van der Waals surface area contributed by atoms with Crippen LogP contribution in [-0.2, 0) is 4.79 Å². The van der Waals surface area contributed by atoms with Gasteiger partial charge in [-0.05, 0) is 0 Å². The van der Waals surface area contributed by atoms with Gasteiger partial charge in [-0.2, -0.15) is 0 Å². The standard InChI is InChI=1S/C6H6F2O2/c1-3-4(2-5(9)10)6(3,7)8/h4H,1-2H2,(H,9,10). The van der Waals surface area contributed by atoms with E-state index < -0.39 is 24.2 Å². The van der Waals surface area contributed by atoms with Crippen LogP contribution >= 0.6 is 0 Å². The molecular formula is C6H6F2O2. The maximum absolute atomic E-state index is 12.2. The molecule has 1 aliphatic rings. The minimum absolute atomic E-state index is 0.255. The van der Waals surface area contributed by atoms with Crippen molar-refractivity contribution < 1.29 is 18.7 Å². The smallest absolute Gasteiger partial charge is 0.304 e. The SMILES string of the molecule is C=C1C(CC(=O)O)C1(F)F. The van der Waals surface area contributed by atoms with E-state index in [0.29, 0.717) is 0 Å². The maximum Gasteiger partial charge on any atom is 0.304 e. The van der Waals surface area contributed by atoms with Crippen LogP contribution in [0.15, 0.2) is 12.2 Å². The number of halogens is 2. The summed E-state index contributed by atoms with van der Waals surface area (Å²) in [4.78, 5) is 9.91. The molecule has 1 saturated carbocycles. The molecule has 0 heterocycles. The number of carbonyl (C=O) groups is 1. The lowest BCUT2D eigenvalue weighted by molar-refractivity contribution is -0.138. The van der Waals surface area contributed by atoms with Gasteiger partial charge in [-0.25, -0.2) is 8.78 Å². The molecule has 4 heteroatoms. The zero-order valence-electron chi connectivity index (χ0n) is 5.10. The van der Waals surface area contributed by atoms with Gasteiger partial charge in [-0.1, -0.05) is 6.58 Å². The van der Waals surface area contributed by atoms with Crippen LogP contribution in [0.1, 0.15) is 6.42 Å². The number of alkyl halides is 2. The van der Waals surface area contributed by atoms with E-state index in [1.807, 2.05) is 0 Å². The number of hydrogen-bond donors (Lipinski definition) is 1. The second-order valence-corrected chi connectivity index (χ2v) is 2.30. The Morgan fingerprint density at radius 3 is 2.30 bits per heavy atom. The fourth-order valence-corrected chi connectivity index (χ4v) is 0.817. The van der Waals surface area contributed by atoms with Gasteiger partial charge in [-0.15, -0.1) is 0 Å². The van der Waals surface area contributed by atoms with Crippen molar-refractivity contribution >= 4 is 5.97 Å². The highest BCUT2D eigenvalue weighted by Crippen LogP contribution is 2.55. The van der Waals surface area contributed by atoms with Crippen molar-refractivity contribution in [1.82, 2.24) is 0 Å². The van der Waals surface area contributed by atoms with Gasteiger partial charge in [0, 0.05) is 5.57 Å². The highest BCUT2D eigenvalue weighted by Gasteiger charge is 2.62. The number of aliphatic carboxylic acids is 1. The Labute approximate surface area is 56.2 Å². The lowest BCUT2D eigenvalue weighted by Gasteiger charge is -1.88. The minimum atomic E-state index is -2.92. The van der Waals surface area contributed by atoms with E-state index in [2.05, 4.69) is 6.58 Å². The van der Waals surface area contributed by atoms with Gasteiger partial charge in [0.2, 0.25) is 0 Å². The zero-order chi connectivity index (χ0) is 7.94. The first-order valence-corrected chi connectivity index (χ1v) is 2.75. The molecular weight excluding hydrogens is 142 g/mol. The van der Waals surface area contributed by atoms with E-state index in [1.54, 1.807) is 0 Å². The quantitative estimate of drug-likeness (QED) is 0.599. The molecule has 56 valence electrons. The van der Waals surface area contributed by atoms with Gasteiger partial charge in [0.25, 0.3) is 5.92 Å². The normalized spacial score (nSPS) is 28.2. The molecule has 10 heavy (non-hydrogen) atoms. The van der Waals surface area contributed by atoms with Crippen molar-refractivity contribution in [2.24, 2.45) is 5.92 Å². The highest BCUT2D eigenvalue weighted by molar-refractivity contribution is 5.69. The van der Waals surface area contributed by atoms with Gasteiger partial charge in [0.15, 0.2) is 0 Å². The largest absolute Gasteiger partial charge is 0.481 e. The van der Waals surface area contributed by atoms with E-state index in [-0.39, 0.29) is 5.57 Å². The molecule has 1 aliphatic carbocycles. The molecule has 0 saturated heterocycles. The van der Waals surface area contributed by atoms with Crippen molar-refractivity contribution in [2.75, 3.05) is 0 Å². The third-order valence-corrected chi connectivity index (χ3v) is 1.58. The third kappa shape index (κ3) is 0.894. The molecule has 0 aromatic rings. The van der Waals surface area contributed by atoms with Crippen molar-refractivity contribution in [2.45, 2.75) is 12.3 Å².